The van der Waals surface area contributed by atoms with Gasteiger partial charge in [0.15, 0.2) is 0 Å². The zero-order valence-electron chi connectivity index (χ0n) is 9.86. The maximum Gasteiger partial charge on any atom is 0.121 e. The van der Waals surface area contributed by atoms with Crippen LogP contribution in [0.4, 0.5) is 0 Å². The molecule has 1 fully saturated rings. The van der Waals surface area contributed by atoms with Crippen molar-refractivity contribution in [1.82, 2.24) is 0 Å². The maximum atomic E-state index is 9.47. The van der Waals surface area contributed by atoms with Crippen LogP contribution in [0.15, 0.2) is 18.2 Å². The van der Waals surface area contributed by atoms with Crippen LogP contribution >= 0.6 is 0 Å². The second-order valence-electron chi connectivity index (χ2n) is 4.73. The van der Waals surface area contributed by atoms with Crippen LogP contribution in [0.5, 0.6) is 5.75 Å². The fourth-order valence-corrected chi connectivity index (χ4v) is 2.57. The average Bonchev–Trinajstić information content (AvgIpc) is 2.24. The fourth-order valence-electron chi connectivity index (χ4n) is 2.57. The predicted molar refractivity (Wildman–Crippen MR) is 63.7 cm³/mol. The molecule has 1 aliphatic rings. The maximum absolute atomic E-state index is 9.47. The molecule has 0 unspecified atom stereocenters. The first kappa shape index (κ1) is 11.4. The van der Waals surface area contributed by atoms with Crippen LogP contribution in [0, 0.1) is 6.92 Å². The van der Waals surface area contributed by atoms with Crippen molar-refractivity contribution in [1.29, 1.82) is 0 Å². The van der Waals surface area contributed by atoms with Gasteiger partial charge in [-0.2, -0.15) is 0 Å². The summed E-state index contributed by atoms with van der Waals surface area (Å²) in [5.74, 6) is 0.899. The molecular weight excluding hydrogens is 202 g/mol. The molecular formula is C13H19NO2. The van der Waals surface area contributed by atoms with Crippen LogP contribution in [0.1, 0.15) is 24.0 Å². The molecule has 1 aromatic rings. The van der Waals surface area contributed by atoms with E-state index < -0.39 is 0 Å². The Morgan fingerprint density at radius 3 is 2.62 bits per heavy atom. The van der Waals surface area contributed by atoms with Crippen molar-refractivity contribution in [3.8, 4) is 5.75 Å². The lowest BCUT2D eigenvalue weighted by Gasteiger charge is -2.45. The molecule has 1 aromatic carbocycles. The van der Waals surface area contributed by atoms with Gasteiger partial charge in [0.1, 0.15) is 5.75 Å². The Balaban J connectivity index is 2.30. The summed E-state index contributed by atoms with van der Waals surface area (Å²) in [6, 6.07) is 6.16. The van der Waals surface area contributed by atoms with Crippen LogP contribution in [0.2, 0.25) is 0 Å². The number of nitrogens with two attached hydrogens (primary N) is 1. The third-order valence-corrected chi connectivity index (χ3v) is 3.65. The zero-order chi connectivity index (χ0) is 11.8. The molecule has 0 radical (unpaired) electrons. The molecule has 3 heteroatoms. The van der Waals surface area contributed by atoms with Gasteiger partial charge in [-0.05, 0) is 37.0 Å². The van der Waals surface area contributed by atoms with E-state index in [0.717, 1.165) is 24.2 Å². The predicted octanol–water partition coefficient (Wildman–Crippen LogP) is 1.35. The second kappa shape index (κ2) is 4.07. The molecule has 1 saturated carbocycles. The van der Waals surface area contributed by atoms with Crippen molar-refractivity contribution >= 4 is 0 Å². The lowest BCUT2D eigenvalue weighted by molar-refractivity contribution is 0.0221. The standard InChI is InChI=1S/C13H19NO2/c1-9-5-10(3-4-12(9)16-2)13(8-14)6-11(15)7-13/h3-5,11,15H,6-8,14H2,1-2H3. The van der Waals surface area contributed by atoms with E-state index in [1.54, 1.807) is 7.11 Å². The molecule has 0 amide bonds. The molecule has 0 aliphatic heterocycles. The van der Waals surface area contributed by atoms with Gasteiger partial charge >= 0.3 is 0 Å². The first-order valence-corrected chi connectivity index (χ1v) is 5.64. The first-order chi connectivity index (χ1) is 7.61. The number of benzene rings is 1. The highest BCUT2D eigenvalue weighted by atomic mass is 16.5. The lowest BCUT2D eigenvalue weighted by atomic mass is 9.62. The molecule has 0 spiro atoms. The molecule has 16 heavy (non-hydrogen) atoms. The Morgan fingerprint density at radius 1 is 1.50 bits per heavy atom. The number of ether oxygens (including phenoxy) is 1. The zero-order valence-corrected chi connectivity index (χ0v) is 9.86. The smallest absolute Gasteiger partial charge is 0.121 e. The summed E-state index contributed by atoms with van der Waals surface area (Å²) < 4.78 is 5.24. The second-order valence-corrected chi connectivity index (χ2v) is 4.73. The lowest BCUT2D eigenvalue weighted by Crippen LogP contribution is -2.49. The number of methoxy groups -OCH3 is 1. The molecule has 2 rings (SSSR count). The Labute approximate surface area is 96.2 Å². The van der Waals surface area contributed by atoms with E-state index in [0.29, 0.717) is 6.54 Å². The minimum atomic E-state index is -0.189. The third-order valence-electron chi connectivity index (χ3n) is 3.65. The number of aliphatic hydroxyl groups is 1. The van der Waals surface area contributed by atoms with Gasteiger partial charge in [0.05, 0.1) is 13.2 Å². The van der Waals surface area contributed by atoms with E-state index in [4.69, 9.17) is 10.5 Å². The van der Waals surface area contributed by atoms with Crippen molar-refractivity contribution in [2.24, 2.45) is 5.73 Å². The van der Waals surface area contributed by atoms with Crippen LogP contribution < -0.4 is 10.5 Å². The number of hydrogen-bond acceptors (Lipinski definition) is 3. The SMILES string of the molecule is COc1ccc(C2(CN)CC(O)C2)cc1C. The minimum Gasteiger partial charge on any atom is -0.496 e. The van der Waals surface area contributed by atoms with Crippen LogP contribution in [0.25, 0.3) is 0 Å². The number of hydrogen-bond donors (Lipinski definition) is 2. The molecule has 0 aromatic heterocycles. The number of aliphatic hydroxyl groups excluding tert-OH is 1. The summed E-state index contributed by atoms with van der Waals surface area (Å²) in [6.45, 7) is 2.62. The van der Waals surface area contributed by atoms with Gasteiger partial charge in [-0.3, -0.25) is 0 Å². The van der Waals surface area contributed by atoms with Gasteiger partial charge in [-0.25, -0.2) is 0 Å². The topological polar surface area (TPSA) is 55.5 Å². The Hall–Kier alpha value is -1.06. The van der Waals surface area contributed by atoms with Crippen molar-refractivity contribution < 1.29 is 9.84 Å². The van der Waals surface area contributed by atoms with Gasteiger partial charge in [0.25, 0.3) is 0 Å². The molecule has 0 bridgehead atoms. The van der Waals surface area contributed by atoms with Crippen molar-refractivity contribution in [3.63, 3.8) is 0 Å². The number of aryl methyl sites for hydroxylation is 1. The number of rotatable bonds is 3. The first-order valence-electron chi connectivity index (χ1n) is 5.64. The van der Waals surface area contributed by atoms with Crippen LogP contribution in [-0.4, -0.2) is 24.9 Å². The van der Waals surface area contributed by atoms with E-state index in [1.165, 1.54) is 5.56 Å². The third kappa shape index (κ3) is 1.70. The summed E-state index contributed by atoms with van der Waals surface area (Å²) in [5, 5.41) is 9.47. The molecule has 1 aliphatic carbocycles. The molecule has 3 nitrogen and oxygen atoms in total. The van der Waals surface area contributed by atoms with E-state index in [1.807, 2.05) is 13.0 Å². The molecule has 3 N–H and O–H groups in total. The Kier molecular flexibility index (Phi) is 2.91. The van der Waals surface area contributed by atoms with Crippen molar-refractivity contribution in [2.45, 2.75) is 31.3 Å². The summed E-state index contributed by atoms with van der Waals surface area (Å²) in [5.41, 5.74) is 8.16. The highest BCUT2D eigenvalue weighted by molar-refractivity contribution is 5.41. The van der Waals surface area contributed by atoms with E-state index in [-0.39, 0.29) is 11.5 Å². The van der Waals surface area contributed by atoms with Gasteiger partial charge in [0, 0.05) is 12.0 Å². The van der Waals surface area contributed by atoms with Crippen LogP contribution in [-0.2, 0) is 5.41 Å². The largest absolute Gasteiger partial charge is 0.496 e. The fraction of sp³-hybridized carbons (Fsp3) is 0.538. The average molecular weight is 221 g/mol. The molecule has 88 valence electrons. The summed E-state index contributed by atoms with van der Waals surface area (Å²) in [6.07, 6.45) is 1.36. The highest BCUT2D eigenvalue weighted by Crippen LogP contribution is 2.43. The van der Waals surface area contributed by atoms with Crippen molar-refractivity contribution in [2.75, 3.05) is 13.7 Å². The van der Waals surface area contributed by atoms with E-state index >= 15 is 0 Å². The van der Waals surface area contributed by atoms with Crippen LogP contribution in [0.3, 0.4) is 0 Å². The minimum absolute atomic E-state index is 0.0174. The monoisotopic (exact) mass is 221 g/mol. The molecule has 0 heterocycles. The van der Waals surface area contributed by atoms with Gasteiger partial charge in [-0.15, -0.1) is 0 Å². The van der Waals surface area contributed by atoms with E-state index in [9.17, 15) is 5.11 Å². The van der Waals surface area contributed by atoms with E-state index in [2.05, 4.69) is 12.1 Å². The van der Waals surface area contributed by atoms with Crippen molar-refractivity contribution in [3.05, 3.63) is 29.3 Å². The Bertz CT molecular complexity index is 384. The normalized spacial score (nSPS) is 28.6. The quantitative estimate of drug-likeness (QED) is 0.810. The van der Waals surface area contributed by atoms with Gasteiger partial charge in [-0.1, -0.05) is 12.1 Å². The van der Waals surface area contributed by atoms with Gasteiger partial charge in [0.2, 0.25) is 0 Å². The molecule has 0 atom stereocenters. The van der Waals surface area contributed by atoms with Gasteiger partial charge < -0.3 is 15.6 Å². The molecule has 0 saturated heterocycles. The highest BCUT2D eigenvalue weighted by Gasteiger charge is 2.43. The summed E-state index contributed by atoms with van der Waals surface area (Å²) in [7, 11) is 1.67. The summed E-state index contributed by atoms with van der Waals surface area (Å²) in [4.78, 5) is 0. The Morgan fingerprint density at radius 2 is 2.19 bits per heavy atom. The summed E-state index contributed by atoms with van der Waals surface area (Å²) >= 11 is 0.